The van der Waals surface area contributed by atoms with Crippen molar-refractivity contribution in [1.29, 1.82) is 0 Å². The van der Waals surface area contributed by atoms with Crippen LogP contribution in [-0.4, -0.2) is 29.1 Å². The predicted octanol–water partition coefficient (Wildman–Crippen LogP) is 3.54. The zero-order valence-corrected chi connectivity index (χ0v) is 15.7. The quantitative estimate of drug-likeness (QED) is 0.359. The van der Waals surface area contributed by atoms with E-state index in [-0.39, 0.29) is 11.5 Å². The molecule has 3 rings (SSSR count). The molecule has 0 saturated heterocycles. The number of para-hydroxylation sites is 1. The molecule has 0 unspecified atom stereocenters. The molecule has 0 atom stereocenters. The van der Waals surface area contributed by atoms with Crippen LogP contribution in [0, 0.1) is 15.9 Å². The lowest BCUT2D eigenvalue weighted by Crippen LogP contribution is -2.19. The summed E-state index contributed by atoms with van der Waals surface area (Å²) < 4.78 is 21.6. The average Bonchev–Trinajstić information content (AvgIpc) is 3.03. The number of carbonyl (C=O) groups excluding carboxylic acids is 1. The van der Waals surface area contributed by atoms with E-state index in [2.05, 4.69) is 4.99 Å². The Morgan fingerprint density at radius 2 is 2.07 bits per heavy atom. The van der Waals surface area contributed by atoms with Crippen LogP contribution in [0.3, 0.4) is 0 Å². The molecule has 28 heavy (non-hydrogen) atoms. The minimum atomic E-state index is -0.517. The highest BCUT2D eigenvalue weighted by Gasteiger charge is 2.11. The van der Waals surface area contributed by atoms with Crippen LogP contribution >= 0.6 is 11.3 Å². The minimum Gasteiger partial charge on any atom is -0.383 e. The van der Waals surface area contributed by atoms with Crippen molar-refractivity contribution in [2.75, 3.05) is 13.7 Å². The van der Waals surface area contributed by atoms with Gasteiger partial charge in [0, 0.05) is 31.9 Å². The van der Waals surface area contributed by atoms with E-state index in [9.17, 15) is 19.3 Å². The van der Waals surface area contributed by atoms with Crippen LogP contribution in [0.25, 0.3) is 16.3 Å². The first-order chi connectivity index (χ1) is 13.5. The molecule has 1 heterocycles. The summed E-state index contributed by atoms with van der Waals surface area (Å²) in [6, 6.07) is 10.5. The molecule has 0 aliphatic heterocycles. The molecule has 1 amide bonds. The van der Waals surface area contributed by atoms with E-state index in [1.165, 1.54) is 53.8 Å². The van der Waals surface area contributed by atoms with E-state index < -0.39 is 10.8 Å². The molecule has 9 heteroatoms. The minimum absolute atomic E-state index is 0.0281. The van der Waals surface area contributed by atoms with Crippen molar-refractivity contribution in [3.05, 3.63) is 74.8 Å². The summed E-state index contributed by atoms with van der Waals surface area (Å²) in [5.41, 5.74) is 0.985. The van der Waals surface area contributed by atoms with Gasteiger partial charge in [-0.25, -0.2) is 4.39 Å². The Morgan fingerprint density at radius 3 is 2.75 bits per heavy atom. The summed E-state index contributed by atoms with van der Waals surface area (Å²) in [4.78, 5) is 26.9. The molecule has 3 aromatic rings. The zero-order valence-electron chi connectivity index (χ0n) is 14.9. The second-order valence-electron chi connectivity index (χ2n) is 5.75. The van der Waals surface area contributed by atoms with Gasteiger partial charge in [-0.3, -0.25) is 14.9 Å². The Kier molecular flexibility index (Phi) is 6.07. The number of hydrogen-bond acceptors (Lipinski definition) is 5. The third kappa shape index (κ3) is 4.38. The number of carbonyl (C=O) groups is 1. The molecule has 0 aliphatic carbocycles. The Morgan fingerprint density at radius 1 is 1.32 bits per heavy atom. The molecule has 1 aromatic heterocycles. The molecule has 7 nitrogen and oxygen atoms in total. The van der Waals surface area contributed by atoms with Crippen LogP contribution in [0.1, 0.15) is 5.56 Å². The van der Waals surface area contributed by atoms with Gasteiger partial charge in [0.25, 0.3) is 11.6 Å². The molecule has 0 saturated carbocycles. The van der Waals surface area contributed by atoms with Crippen molar-refractivity contribution >= 4 is 39.2 Å². The van der Waals surface area contributed by atoms with Crippen LogP contribution in [0.15, 0.2) is 53.5 Å². The smallest absolute Gasteiger partial charge is 0.272 e. The largest absolute Gasteiger partial charge is 0.383 e. The molecule has 0 aliphatic rings. The predicted molar refractivity (Wildman–Crippen MR) is 104 cm³/mol. The van der Waals surface area contributed by atoms with Gasteiger partial charge in [-0.15, -0.1) is 0 Å². The number of thiazole rings is 1. The highest BCUT2D eigenvalue weighted by molar-refractivity contribution is 7.16. The summed E-state index contributed by atoms with van der Waals surface area (Å²) in [6.45, 7) is 0.704. The zero-order chi connectivity index (χ0) is 20.1. The van der Waals surface area contributed by atoms with Gasteiger partial charge in [0.15, 0.2) is 4.80 Å². The monoisotopic (exact) mass is 401 g/mol. The lowest BCUT2D eigenvalue weighted by atomic mass is 10.2. The maximum absolute atomic E-state index is 14.2. The number of rotatable bonds is 6. The molecule has 144 valence electrons. The molecule has 0 radical (unpaired) electrons. The number of hydrogen-bond donors (Lipinski definition) is 0. The Labute approximate surface area is 163 Å². The summed E-state index contributed by atoms with van der Waals surface area (Å²) in [5, 5.41) is 10.7. The van der Waals surface area contributed by atoms with E-state index in [0.29, 0.717) is 33.7 Å². The molecular formula is C19H16FN3O4S. The van der Waals surface area contributed by atoms with Gasteiger partial charge in [0.05, 0.1) is 21.7 Å². The first kappa shape index (κ1) is 19.6. The standard InChI is InChI=1S/C19H16FN3O4S/c1-27-12-11-22-18-15(20)3-2-4-16(18)28-19(22)21-17(24)10-7-13-5-8-14(9-6-13)23(25)26/h2-10H,11-12H2,1H3/b10-7-,21-19?. The van der Waals surface area contributed by atoms with Crippen LogP contribution in [-0.2, 0) is 16.1 Å². The van der Waals surface area contributed by atoms with Gasteiger partial charge in [-0.05, 0) is 35.9 Å². The van der Waals surface area contributed by atoms with Crippen LogP contribution in [0.4, 0.5) is 10.1 Å². The van der Waals surface area contributed by atoms with E-state index in [4.69, 9.17) is 4.74 Å². The lowest BCUT2D eigenvalue weighted by Gasteiger charge is -2.04. The van der Waals surface area contributed by atoms with Crippen molar-refractivity contribution < 1.29 is 18.8 Å². The number of benzene rings is 2. The number of ether oxygens (including phenoxy) is 1. The molecular weight excluding hydrogens is 385 g/mol. The topological polar surface area (TPSA) is 86.7 Å². The Hall–Kier alpha value is -3.17. The van der Waals surface area contributed by atoms with Crippen LogP contribution < -0.4 is 4.80 Å². The number of aromatic nitrogens is 1. The normalized spacial score (nSPS) is 12.1. The number of methoxy groups -OCH3 is 1. The second-order valence-corrected chi connectivity index (χ2v) is 6.76. The summed E-state index contributed by atoms with van der Waals surface area (Å²) in [7, 11) is 1.54. The van der Waals surface area contributed by atoms with E-state index >= 15 is 0 Å². The van der Waals surface area contributed by atoms with Gasteiger partial charge in [0.1, 0.15) is 5.82 Å². The highest BCUT2D eigenvalue weighted by atomic mass is 32.1. The molecule has 0 N–H and O–H groups in total. The number of nitrogens with zero attached hydrogens (tertiary/aromatic N) is 3. The van der Waals surface area contributed by atoms with E-state index in [1.807, 2.05) is 0 Å². The van der Waals surface area contributed by atoms with E-state index in [1.54, 1.807) is 23.8 Å². The molecule has 0 fully saturated rings. The maximum atomic E-state index is 14.2. The van der Waals surface area contributed by atoms with Gasteiger partial charge >= 0.3 is 0 Å². The fourth-order valence-corrected chi connectivity index (χ4v) is 3.64. The number of fused-ring (bicyclic) bond motifs is 1. The van der Waals surface area contributed by atoms with Crippen molar-refractivity contribution in [2.24, 2.45) is 4.99 Å². The third-order valence-corrected chi connectivity index (χ3v) is 4.94. The first-order valence-corrected chi connectivity index (χ1v) is 9.09. The summed E-state index contributed by atoms with van der Waals surface area (Å²) in [6.07, 6.45) is 2.78. The van der Waals surface area contributed by atoms with Crippen molar-refractivity contribution in [3.8, 4) is 0 Å². The number of amides is 1. The van der Waals surface area contributed by atoms with Gasteiger partial charge in [-0.1, -0.05) is 17.4 Å². The number of halogens is 1. The van der Waals surface area contributed by atoms with Crippen LogP contribution in [0.5, 0.6) is 0 Å². The Bertz CT molecular complexity index is 1120. The summed E-state index contributed by atoms with van der Waals surface area (Å²) >= 11 is 1.21. The fraction of sp³-hybridized carbons (Fsp3) is 0.158. The van der Waals surface area contributed by atoms with E-state index in [0.717, 1.165) is 0 Å². The highest BCUT2D eigenvalue weighted by Crippen LogP contribution is 2.20. The van der Waals surface area contributed by atoms with Gasteiger partial charge < -0.3 is 9.30 Å². The molecule has 0 spiro atoms. The third-order valence-electron chi connectivity index (χ3n) is 3.90. The number of non-ortho nitro benzene ring substituents is 1. The van der Waals surface area contributed by atoms with Gasteiger partial charge in [0.2, 0.25) is 0 Å². The SMILES string of the molecule is COCCn1c(=NC(=O)/C=C\c2ccc([N+](=O)[O-])cc2)sc2cccc(F)c21. The molecule has 2 aromatic carbocycles. The van der Waals surface area contributed by atoms with Gasteiger partial charge in [-0.2, -0.15) is 4.99 Å². The lowest BCUT2D eigenvalue weighted by molar-refractivity contribution is -0.384. The fourth-order valence-electron chi connectivity index (χ4n) is 2.57. The average molecular weight is 401 g/mol. The maximum Gasteiger partial charge on any atom is 0.272 e. The second kappa shape index (κ2) is 8.68. The Balaban J connectivity index is 1.91. The van der Waals surface area contributed by atoms with Crippen molar-refractivity contribution in [3.63, 3.8) is 0 Å². The molecule has 0 bridgehead atoms. The first-order valence-electron chi connectivity index (χ1n) is 8.27. The van der Waals surface area contributed by atoms with Crippen molar-refractivity contribution in [1.82, 2.24) is 4.57 Å². The van der Waals surface area contributed by atoms with Crippen molar-refractivity contribution in [2.45, 2.75) is 6.54 Å². The number of nitro benzene ring substituents is 1. The van der Waals surface area contributed by atoms with Crippen LogP contribution in [0.2, 0.25) is 0 Å². The number of nitro groups is 1. The summed E-state index contributed by atoms with van der Waals surface area (Å²) in [5.74, 6) is -0.906.